The molecule has 122 valence electrons. The predicted molar refractivity (Wildman–Crippen MR) is 87.6 cm³/mol. The Balaban J connectivity index is 1.68. The summed E-state index contributed by atoms with van der Waals surface area (Å²) in [6, 6.07) is 8.17. The van der Waals surface area contributed by atoms with Gasteiger partial charge in [0, 0.05) is 6.04 Å². The molecule has 22 heavy (non-hydrogen) atoms. The molecule has 2 unspecified atom stereocenters. The minimum atomic E-state index is -0.653. The molecule has 2 rings (SSSR count). The zero-order valence-corrected chi connectivity index (χ0v) is 13.1. The summed E-state index contributed by atoms with van der Waals surface area (Å²) in [5.74, 6) is 0. The van der Waals surface area contributed by atoms with Crippen molar-refractivity contribution in [3.63, 3.8) is 0 Å². The minimum absolute atomic E-state index is 0.0140. The Morgan fingerprint density at radius 1 is 1.18 bits per heavy atom. The average Bonchev–Trinajstić information content (AvgIpc) is 3.05. The van der Waals surface area contributed by atoms with Gasteiger partial charge in [-0.25, -0.2) is 0 Å². The van der Waals surface area contributed by atoms with Crippen LogP contribution in [0.4, 0.5) is 0 Å². The zero-order valence-electron chi connectivity index (χ0n) is 13.1. The van der Waals surface area contributed by atoms with Gasteiger partial charge < -0.3 is 20.3 Å². The third kappa shape index (κ3) is 5.54. The van der Waals surface area contributed by atoms with E-state index in [4.69, 9.17) is 15.2 Å². The molecule has 0 bridgehead atoms. The molecular weight excluding hydrogens is 278 g/mol. The summed E-state index contributed by atoms with van der Waals surface area (Å²) < 4.78 is 10.8. The summed E-state index contributed by atoms with van der Waals surface area (Å²) in [4.78, 5) is 0. The standard InChI is InChI=1S/C18H27NO3/c1-2-17(20)16(19)13-15-9-7-14(8-10-15)5-3-4-6-18-21-11-12-22-18/h2,7-10,16-18,20H,1,3-6,11-13,19H2. The highest BCUT2D eigenvalue weighted by molar-refractivity contribution is 5.23. The molecule has 1 aliphatic heterocycles. The SMILES string of the molecule is C=CC(O)C(N)Cc1ccc(CCCCC2OCCO2)cc1. The van der Waals surface area contributed by atoms with E-state index in [-0.39, 0.29) is 12.3 Å². The van der Waals surface area contributed by atoms with Gasteiger partial charge in [-0.15, -0.1) is 6.58 Å². The molecule has 1 aliphatic rings. The van der Waals surface area contributed by atoms with E-state index in [1.54, 1.807) is 0 Å². The van der Waals surface area contributed by atoms with Crippen LogP contribution in [0.2, 0.25) is 0 Å². The molecule has 0 spiro atoms. The fourth-order valence-corrected chi connectivity index (χ4v) is 2.62. The summed E-state index contributed by atoms with van der Waals surface area (Å²) in [5.41, 5.74) is 8.38. The highest BCUT2D eigenvalue weighted by Gasteiger charge is 2.14. The molecule has 0 aromatic heterocycles. The van der Waals surface area contributed by atoms with E-state index in [2.05, 4.69) is 30.8 Å². The van der Waals surface area contributed by atoms with E-state index in [1.165, 1.54) is 11.6 Å². The first-order valence-corrected chi connectivity index (χ1v) is 8.06. The molecule has 4 nitrogen and oxygen atoms in total. The van der Waals surface area contributed by atoms with Crippen LogP contribution < -0.4 is 5.73 Å². The highest BCUT2D eigenvalue weighted by Crippen LogP contribution is 2.14. The normalized spacial score (nSPS) is 18.3. The second-order valence-electron chi connectivity index (χ2n) is 5.83. The van der Waals surface area contributed by atoms with Crippen LogP contribution in [0.15, 0.2) is 36.9 Å². The van der Waals surface area contributed by atoms with Crippen molar-refractivity contribution in [2.75, 3.05) is 13.2 Å². The molecule has 0 aliphatic carbocycles. The molecule has 3 N–H and O–H groups in total. The van der Waals surface area contributed by atoms with Crippen molar-refractivity contribution in [2.24, 2.45) is 5.73 Å². The Morgan fingerprint density at radius 3 is 2.45 bits per heavy atom. The minimum Gasteiger partial charge on any atom is -0.387 e. The maximum Gasteiger partial charge on any atom is 0.157 e. The fraction of sp³-hybridized carbons (Fsp3) is 0.556. The Bertz CT molecular complexity index is 440. The Labute approximate surface area is 132 Å². The third-order valence-electron chi connectivity index (χ3n) is 4.02. The number of rotatable bonds is 9. The largest absolute Gasteiger partial charge is 0.387 e. The quantitative estimate of drug-likeness (QED) is 0.542. The average molecular weight is 305 g/mol. The number of nitrogens with two attached hydrogens (primary N) is 1. The van der Waals surface area contributed by atoms with E-state index in [1.807, 2.05) is 0 Å². The van der Waals surface area contributed by atoms with Crippen molar-refractivity contribution in [3.8, 4) is 0 Å². The Kier molecular flexibility index (Phi) is 7.06. The molecule has 1 aromatic carbocycles. The van der Waals surface area contributed by atoms with Crippen LogP contribution in [-0.2, 0) is 22.3 Å². The zero-order chi connectivity index (χ0) is 15.8. The summed E-state index contributed by atoms with van der Waals surface area (Å²) in [6.07, 6.45) is 5.79. The van der Waals surface area contributed by atoms with Crippen LogP contribution in [0.3, 0.4) is 0 Å². The summed E-state index contributed by atoms with van der Waals surface area (Å²) in [7, 11) is 0. The van der Waals surface area contributed by atoms with Gasteiger partial charge in [0.2, 0.25) is 0 Å². The Morgan fingerprint density at radius 2 is 1.82 bits per heavy atom. The molecule has 1 fully saturated rings. The lowest BCUT2D eigenvalue weighted by Crippen LogP contribution is -2.35. The van der Waals surface area contributed by atoms with Crippen LogP contribution in [0.5, 0.6) is 0 Å². The van der Waals surface area contributed by atoms with Gasteiger partial charge in [-0.3, -0.25) is 0 Å². The Hall–Kier alpha value is -1.20. The van der Waals surface area contributed by atoms with Crippen molar-refractivity contribution in [2.45, 2.75) is 50.5 Å². The molecule has 1 heterocycles. The number of benzene rings is 1. The number of hydrogen-bond donors (Lipinski definition) is 2. The molecule has 0 amide bonds. The van der Waals surface area contributed by atoms with E-state index >= 15 is 0 Å². The molecule has 0 saturated carbocycles. The van der Waals surface area contributed by atoms with Crippen molar-refractivity contribution < 1.29 is 14.6 Å². The maximum absolute atomic E-state index is 9.61. The van der Waals surface area contributed by atoms with Crippen LogP contribution in [0, 0.1) is 0 Å². The van der Waals surface area contributed by atoms with E-state index in [0.717, 1.165) is 44.5 Å². The van der Waals surface area contributed by atoms with E-state index in [9.17, 15) is 5.11 Å². The fourth-order valence-electron chi connectivity index (χ4n) is 2.62. The molecule has 4 heteroatoms. The highest BCUT2D eigenvalue weighted by atomic mass is 16.7. The lowest BCUT2D eigenvalue weighted by Gasteiger charge is -2.15. The van der Waals surface area contributed by atoms with Crippen molar-refractivity contribution >= 4 is 0 Å². The molecule has 0 radical (unpaired) electrons. The second-order valence-corrected chi connectivity index (χ2v) is 5.83. The van der Waals surface area contributed by atoms with Gasteiger partial charge in [-0.05, 0) is 43.2 Å². The van der Waals surface area contributed by atoms with E-state index < -0.39 is 6.10 Å². The van der Waals surface area contributed by atoms with Crippen LogP contribution in [0.25, 0.3) is 0 Å². The topological polar surface area (TPSA) is 64.7 Å². The van der Waals surface area contributed by atoms with Gasteiger partial charge in [0.1, 0.15) is 0 Å². The lowest BCUT2D eigenvalue weighted by atomic mass is 9.99. The van der Waals surface area contributed by atoms with Crippen LogP contribution in [-0.4, -0.2) is 36.8 Å². The van der Waals surface area contributed by atoms with Gasteiger partial charge >= 0.3 is 0 Å². The van der Waals surface area contributed by atoms with Gasteiger partial charge in [-0.1, -0.05) is 30.3 Å². The van der Waals surface area contributed by atoms with Crippen LogP contribution in [0.1, 0.15) is 30.4 Å². The number of aliphatic hydroxyl groups excluding tert-OH is 1. The summed E-state index contributed by atoms with van der Waals surface area (Å²) in [6.45, 7) is 5.02. The lowest BCUT2D eigenvalue weighted by molar-refractivity contribution is -0.0479. The number of hydrogen-bond acceptors (Lipinski definition) is 4. The summed E-state index contributed by atoms with van der Waals surface area (Å²) >= 11 is 0. The third-order valence-corrected chi connectivity index (χ3v) is 4.02. The van der Waals surface area contributed by atoms with Crippen molar-refractivity contribution in [1.82, 2.24) is 0 Å². The first kappa shape index (κ1) is 17.2. The molecule has 1 saturated heterocycles. The predicted octanol–water partition coefficient (Wildman–Crippen LogP) is 2.19. The molecule has 1 aromatic rings. The van der Waals surface area contributed by atoms with Gasteiger partial charge in [0.05, 0.1) is 19.3 Å². The first-order valence-electron chi connectivity index (χ1n) is 8.06. The van der Waals surface area contributed by atoms with Crippen molar-refractivity contribution in [3.05, 3.63) is 48.0 Å². The second kappa shape index (κ2) is 9.06. The first-order chi connectivity index (χ1) is 10.7. The maximum atomic E-state index is 9.61. The smallest absolute Gasteiger partial charge is 0.157 e. The number of aliphatic hydroxyl groups is 1. The number of ether oxygens (including phenoxy) is 2. The number of unbranched alkanes of at least 4 members (excludes halogenated alkanes) is 1. The van der Waals surface area contributed by atoms with Crippen LogP contribution >= 0.6 is 0 Å². The summed E-state index contributed by atoms with van der Waals surface area (Å²) in [5, 5.41) is 9.61. The van der Waals surface area contributed by atoms with Gasteiger partial charge in [0.15, 0.2) is 6.29 Å². The van der Waals surface area contributed by atoms with E-state index in [0.29, 0.717) is 6.42 Å². The monoisotopic (exact) mass is 305 g/mol. The molecular formula is C18H27NO3. The van der Waals surface area contributed by atoms with Gasteiger partial charge in [0.25, 0.3) is 0 Å². The molecule has 2 atom stereocenters. The number of aryl methyl sites for hydroxylation is 1. The van der Waals surface area contributed by atoms with Crippen molar-refractivity contribution in [1.29, 1.82) is 0 Å². The van der Waals surface area contributed by atoms with Gasteiger partial charge in [-0.2, -0.15) is 0 Å².